The molecule has 0 bridgehead atoms. The molecule has 0 radical (unpaired) electrons. The van der Waals surface area contributed by atoms with E-state index in [1.54, 1.807) is 0 Å². The molecule has 1 heteroatoms. The van der Waals surface area contributed by atoms with Gasteiger partial charge in [0.2, 0.25) is 0 Å². The minimum Gasteiger partial charge on any atom is -0.263 e. The Kier molecular flexibility index (Phi) is 8.87. The van der Waals surface area contributed by atoms with Crippen LogP contribution in [0.25, 0.3) is 0 Å². The van der Waals surface area contributed by atoms with Crippen molar-refractivity contribution >= 4 is 0 Å². The van der Waals surface area contributed by atoms with Crippen LogP contribution in [0.15, 0.2) is 33.4 Å². The van der Waals surface area contributed by atoms with Crippen molar-refractivity contribution in [1.82, 2.24) is 0 Å². The molecular weight excluding hydrogens is 343 g/mol. The van der Waals surface area contributed by atoms with Crippen LogP contribution < -0.4 is 0 Å². The van der Waals surface area contributed by atoms with E-state index in [0.717, 1.165) is 0 Å². The van der Waals surface area contributed by atoms with Gasteiger partial charge in [-0.15, -0.1) is 13.8 Å². The minimum atomic E-state index is 0. The van der Waals surface area contributed by atoms with Gasteiger partial charge in [-0.1, -0.05) is 73.6 Å². The van der Waals surface area contributed by atoms with Gasteiger partial charge in [-0.05, 0) is 0 Å². The summed E-state index contributed by atoms with van der Waals surface area (Å²) in [5, 5.41) is 0. The van der Waals surface area contributed by atoms with Gasteiger partial charge in [0, 0.05) is 0 Å². The van der Waals surface area contributed by atoms with E-state index in [0.29, 0.717) is 0 Å². The maximum absolute atomic E-state index is 3.44. The second kappa shape index (κ2) is 8.09. The molecule has 2 aliphatic carbocycles. The van der Waals surface area contributed by atoms with Gasteiger partial charge >= 0.3 is 26.2 Å². The van der Waals surface area contributed by atoms with Crippen molar-refractivity contribution < 1.29 is 26.2 Å². The monoisotopic (exact) mass is 376 g/mol. The Hall–Kier alpha value is -0.157. The van der Waals surface area contributed by atoms with E-state index < -0.39 is 0 Å². The molecule has 2 aliphatic rings. The van der Waals surface area contributed by atoms with Crippen LogP contribution in [0.2, 0.25) is 0 Å². The quantitative estimate of drug-likeness (QED) is 0.405. The molecule has 22 heavy (non-hydrogen) atoms. The van der Waals surface area contributed by atoms with Crippen molar-refractivity contribution in [3.63, 3.8) is 0 Å². The molecule has 0 spiro atoms. The summed E-state index contributed by atoms with van der Waals surface area (Å²) in [5.74, 6) is 0. The maximum atomic E-state index is 3.44. The van der Waals surface area contributed by atoms with Crippen LogP contribution in [0.4, 0.5) is 0 Å². The Balaban J connectivity index is 0. The van der Waals surface area contributed by atoms with Crippen molar-refractivity contribution in [2.24, 2.45) is 10.8 Å². The zero-order valence-electron chi connectivity index (χ0n) is 15.5. The van der Waals surface area contributed by atoms with Crippen LogP contribution in [0, 0.1) is 23.0 Å². The molecule has 0 nitrogen and oxygen atoms in total. The second-order valence-electron chi connectivity index (χ2n) is 7.25. The average molecular weight is 378 g/mol. The van der Waals surface area contributed by atoms with E-state index in [-0.39, 0.29) is 44.5 Å². The molecule has 0 aromatic rings. The van der Waals surface area contributed by atoms with Crippen LogP contribution in [0.1, 0.15) is 76.7 Å². The van der Waals surface area contributed by atoms with E-state index in [9.17, 15) is 0 Å². The summed E-state index contributed by atoms with van der Waals surface area (Å²) in [6, 6.07) is 0. The molecule has 0 atom stereocenters. The number of allylic oxidation sites excluding steroid dienone is 8. The molecule has 0 saturated heterocycles. The molecule has 0 N–H and O–H groups in total. The molecule has 0 aromatic carbocycles. The number of rotatable bonds is 0. The summed E-state index contributed by atoms with van der Waals surface area (Å²) < 4.78 is 0. The largest absolute Gasteiger partial charge is 2.00 e. The fraction of sp³-hybridized carbons (Fsp3) is 0.619. The predicted molar refractivity (Wildman–Crippen MR) is 95.9 cm³/mol. The summed E-state index contributed by atoms with van der Waals surface area (Å²) in [7, 11) is 0. The first-order valence-corrected chi connectivity index (χ1v) is 7.50. The van der Waals surface area contributed by atoms with E-state index in [2.05, 4.69) is 81.4 Å². The molecule has 0 unspecified atom stereocenters. The fourth-order valence-corrected chi connectivity index (χ4v) is 2.81. The molecule has 2 rings (SSSR count). The van der Waals surface area contributed by atoms with Crippen LogP contribution in [0.3, 0.4) is 0 Å². The molecular formula is C21H34Zr. The third-order valence-electron chi connectivity index (χ3n) is 5.12. The summed E-state index contributed by atoms with van der Waals surface area (Å²) in [6.07, 6.45) is 6.87. The smallest absolute Gasteiger partial charge is 0.263 e. The van der Waals surface area contributed by atoms with Crippen molar-refractivity contribution in [3.05, 3.63) is 45.6 Å². The SMILES string of the molecule is C.CC1=[C-]C(C)(C)C(C)=C1C.CC1=[C-]C(C)(C)C(C)=C1C.[Zr+2]. The molecule has 0 aromatic heterocycles. The molecule has 0 saturated carbocycles. The van der Waals surface area contributed by atoms with Gasteiger partial charge in [-0.3, -0.25) is 12.2 Å². The molecule has 0 amide bonds. The Labute approximate surface area is 159 Å². The van der Waals surface area contributed by atoms with Gasteiger partial charge in [-0.2, -0.15) is 22.3 Å². The van der Waals surface area contributed by atoms with Gasteiger partial charge in [0.1, 0.15) is 0 Å². The van der Waals surface area contributed by atoms with Crippen molar-refractivity contribution in [2.75, 3.05) is 0 Å². The fourth-order valence-electron chi connectivity index (χ4n) is 2.81. The topological polar surface area (TPSA) is 0 Å². The van der Waals surface area contributed by atoms with Crippen LogP contribution in [-0.2, 0) is 26.2 Å². The maximum Gasteiger partial charge on any atom is 2.00 e. The van der Waals surface area contributed by atoms with Gasteiger partial charge in [0.25, 0.3) is 0 Å². The normalized spacial score (nSPS) is 21.4. The molecule has 122 valence electrons. The van der Waals surface area contributed by atoms with Crippen molar-refractivity contribution in [2.45, 2.75) is 76.7 Å². The van der Waals surface area contributed by atoms with Crippen molar-refractivity contribution in [3.8, 4) is 0 Å². The first-order valence-electron chi connectivity index (χ1n) is 7.50. The van der Waals surface area contributed by atoms with Crippen molar-refractivity contribution in [1.29, 1.82) is 0 Å². The van der Waals surface area contributed by atoms with Crippen LogP contribution in [0.5, 0.6) is 0 Å². The van der Waals surface area contributed by atoms with Gasteiger partial charge in [0.05, 0.1) is 0 Å². The Morgan fingerprint density at radius 3 is 0.864 bits per heavy atom. The molecule has 0 fully saturated rings. The van der Waals surface area contributed by atoms with E-state index >= 15 is 0 Å². The second-order valence-corrected chi connectivity index (χ2v) is 7.25. The van der Waals surface area contributed by atoms with Gasteiger partial charge in [0.15, 0.2) is 0 Å². The van der Waals surface area contributed by atoms with Gasteiger partial charge < -0.3 is 0 Å². The first-order chi connectivity index (χ1) is 8.90. The third-order valence-corrected chi connectivity index (χ3v) is 5.12. The molecule has 0 heterocycles. The van der Waals surface area contributed by atoms with Gasteiger partial charge in [-0.25, -0.2) is 11.1 Å². The summed E-state index contributed by atoms with van der Waals surface area (Å²) in [5.41, 5.74) is 8.79. The van der Waals surface area contributed by atoms with Crippen LogP contribution in [-0.4, -0.2) is 0 Å². The zero-order valence-corrected chi connectivity index (χ0v) is 18.0. The first kappa shape index (κ1) is 24.1. The van der Waals surface area contributed by atoms with Crippen LogP contribution >= 0.6 is 0 Å². The zero-order chi connectivity index (χ0) is 15.9. The van der Waals surface area contributed by atoms with E-state index in [4.69, 9.17) is 0 Å². The third kappa shape index (κ3) is 4.92. The number of hydrogen-bond acceptors (Lipinski definition) is 0. The molecule has 0 aliphatic heterocycles. The number of hydrogen-bond donors (Lipinski definition) is 0. The standard InChI is InChI=1S/2C10H15.CH4.Zr/c2*1-7-6-10(4,5)9(3)8(7)2;;/h2*1-5H3;1H4;/q2*-1;;+2. The van der Waals surface area contributed by atoms with E-state index in [1.807, 2.05) is 0 Å². The minimum absolute atomic E-state index is 0. The summed E-state index contributed by atoms with van der Waals surface area (Å²) in [4.78, 5) is 0. The Morgan fingerprint density at radius 1 is 0.591 bits per heavy atom. The average Bonchev–Trinajstić information content (AvgIpc) is 2.60. The summed E-state index contributed by atoms with van der Waals surface area (Å²) in [6.45, 7) is 21.8. The predicted octanol–water partition coefficient (Wildman–Crippen LogP) is 6.86. The Morgan fingerprint density at radius 2 is 0.818 bits per heavy atom. The summed E-state index contributed by atoms with van der Waals surface area (Å²) >= 11 is 0. The van der Waals surface area contributed by atoms with E-state index in [1.165, 1.54) is 33.4 Å². The Bertz CT molecular complexity index is 484.